The van der Waals surface area contributed by atoms with Crippen LogP contribution in [0.5, 0.6) is 0 Å². The number of halogens is 3. The quantitative estimate of drug-likeness (QED) is 0.0440. The average Bonchev–Trinajstić information content (AvgIpc) is 3.44. The molecule has 1 amide bonds. The predicted octanol–water partition coefficient (Wildman–Crippen LogP) is 8.24. The Morgan fingerprint density at radius 3 is 2.14 bits per heavy atom. The minimum Gasteiger partial charge on any atom is -0.341 e. The molecule has 0 unspecified atom stereocenters. The maximum absolute atomic E-state index is 13.3. The number of aromatic nitrogens is 2. The normalized spacial score (nSPS) is 12.0. The molecule has 0 aliphatic heterocycles. The highest BCUT2D eigenvalue weighted by atomic mass is 35.5. The molecule has 4 N–H and O–H groups in total. The zero-order chi connectivity index (χ0) is 42.6. The summed E-state index contributed by atoms with van der Waals surface area (Å²) in [6, 6.07) is 20.2. The molecule has 0 fully saturated rings. The van der Waals surface area contributed by atoms with Gasteiger partial charge in [-0.15, -0.1) is 10.2 Å². The molecule has 1 heterocycles. The van der Waals surface area contributed by atoms with E-state index in [1.54, 1.807) is 42.5 Å². The van der Waals surface area contributed by atoms with Crippen molar-refractivity contribution in [1.29, 1.82) is 5.26 Å². The highest BCUT2D eigenvalue weighted by Gasteiger charge is 2.25. The Bertz CT molecular complexity index is 2790. The monoisotopic (exact) mass is 908 g/mol. The first-order valence-electron chi connectivity index (χ1n) is 16.6. The van der Waals surface area contributed by atoms with Crippen molar-refractivity contribution in [3.63, 3.8) is 0 Å². The highest BCUT2D eigenvalue weighted by Crippen LogP contribution is 2.39. The van der Waals surface area contributed by atoms with Crippen molar-refractivity contribution in [2.75, 3.05) is 27.2 Å². The van der Waals surface area contributed by atoms with Crippen molar-refractivity contribution in [3.05, 3.63) is 105 Å². The first-order valence-corrected chi connectivity index (χ1v) is 22.2. The van der Waals surface area contributed by atoms with Crippen molar-refractivity contribution in [2.45, 2.75) is 36.5 Å². The van der Waals surface area contributed by atoms with E-state index < -0.39 is 51.7 Å². The lowest BCUT2D eigenvalue weighted by atomic mass is 10.1. The second-order valence-electron chi connectivity index (χ2n) is 12.4. The molecule has 304 valence electrons. The molecule has 0 aliphatic rings. The van der Waals surface area contributed by atoms with Crippen LogP contribution in [0.2, 0.25) is 15.1 Å². The Labute approximate surface area is 348 Å². The Morgan fingerprint density at radius 2 is 1.53 bits per heavy atom. The fourth-order valence-corrected chi connectivity index (χ4v) is 8.58. The van der Waals surface area contributed by atoms with E-state index >= 15 is 0 Å². The SMILES string of the molecule is CC(=O)Nc1cc(N(CCCCS(=O)(=O)O)c2ccc(Cl)cc2)ccc1N=Nc1c(C#N)c(C)nn1-c1c(Cl)cc(S(=O)(=O)Nc2cccc(S(=O)(=O)O)c2)cc1Cl. The van der Waals surface area contributed by atoms with Crippen LogP contribution in [0.15, 0.2) is 98.9 Å². The summed E-state index contributed by atoms with van der Waals surface area (Å²) in [4.78, 5) is 13.2. The zero-order valence-electron chi connectivity index (χ0n) is 30.1. The van der Waals surface area contributed by atoms with E-state index in [4.69, 9.17) is 34.8 Å². The smallest absolute Gasteiger partial charge is 0.294 e. The first-order chi connectivity index (χ1) is 27.2. The number of carbonyl (C=O) groups excluding carboxylic acids is 1. The van der Waals surface area contributed by atoms with Crippen molar-refractivity contribution in [1.82, 2.24) is 9.78 Å². The topological polar surface area (TPSA) is 254 Å². The summed E-state index contributed by atoms with van der Waals surface area (Å²) in [6.45, 7) is 3.10. The number of nitrogens with one attached hydrogen (secondary N) is 2. The van der Waals surface area contributed by atoms with Crippen molar-refractivity contribution in [2.24, 2.45) is 10.2 Å². The molecule has 0 aliphatic carbocycles. The van der Waals surface area contributed by atoms with Crippen LogP contribution in [0.4, 0.5) is 34.3 Å². The van der Waals surface area contributed by atoms with Gasteiger partial charge in [-0.1, -0.05) is 40.9 Å². The van der Waals surface area contributed by atoms with Gasteiger partial charge in [0.05, 0.1) is 42.7 Å². The van der Waals surface area contributed by atoms with Crippen LogP contribution in [0, 0.1) is 18.3 Å². The molecule has 5 rings (SSSR count). The van der Waals surface area contributed by atoms with Crippen LogP contribution in [0.3, 0.4) is 0 Å². The molecule has 0 atom stereocenters. The Kier molecular flexibility index (Phi) is 13.5. The number of carbonyl (C=O) groups is 1. The van der Waals surface area contributed by atoms with E-state index in [2.05, 4.69) is 25.4 Å². The van der Waals surface area contributed by atoms with E-state index in [1.807, 2.05) is 11.0 Å². The van der Waals surface area contributed by atoms with E-state index in [1.165, 1.54) is 26.0 Å². The van der Waals surface area contributed by atoms with Crippen LogP contribution >= 0.6 is 34.8 Å². The molecule has 1 aromatic heterocycles. The number of sulfonamides is 1. The van der Waals surface area contributed by atoms with Gasteiger partial charge in [-0.3, -0.25) is 18.6 Å². The third-order valence-corrected chi connectivity index (χ3v) is 11.9. The minimum atomic E-state index is -4.63. The Hall–Kier alpha value is -5.11. The largest absolute Gasteiger partial charge is 0.341 e. The Morgan fingerprint density at radius 1 is 0.879 bits per heavy atom. The number of hydrogen-bond donors (Lipinski definition) is 4. The van der Waals surface area contributed by atoms with Crippen LogP contribution in [-0.4, -0.2) is 62.3 Å². The minimum absolute atomic E-state index is 0.0375. The third-order valence-electron chi connectivity index (χ3n) is 8.07. The number of nitrogens with zero attached hydrogens (tertiary/aromatic N) is 6. The van der Waals surface area contributed by atoms with Crippen molar-refractivity contribution >= 4 is 105 Å². The molecule has 0 spiro atoms. The predicted molar refractivity (Wildman–Crippen MR) is 219 cm³/mol. The van der Waals surface area contributed by atoms with Crippen LogP contribution < -0.4 is 14.9 Å². The molecule has 58 heavy (non-hydrogen) atoms. The number of hydrogen-bond acceptors (Lipinski definition) is 12. The summed E-state index contributed by atoms with van der Waals surface area (Å²) < 4.78 is 94.2. The molecular formula is C35H31Cl3N8O9S3. The second-order valence-corrected chi connectivity index (χ2v) is 18.3. The van der Waals surface area contributed by atoms with Gasteiger partial charge in [0.1, 0.15) is 23.0 Å². The highest BCUT2D eigenvalue weighted by molar-refractivity contribution is 7.92. The summed E-state index contributed by atoms with van der Waals surface area (Å²) in [5.41, 5.74) is 1.48. The number of amides is 1. The number of aryl methyl sites for hydroxylation is 1. The van der Waals surface area contributed by atoms with Gasteiger partial charge < -0.3 is 10.2 Å². The lowest BCUT2D eigenvalue weighted by Crippen LogP contribution is -2.19. The molecule has 23 heteroatoms. The van der Waals surface area contributed by atoms with Crippen LogP contribution in [-0.2, 0) is 35.1 Å². The molecule has 0 radical (unpaired) electrons. The Balaban J connectivity index is 1.52. The van der Waals surface area contributed by atoms with Crippen LogP contribution in [0.25, 0.3) is 5.69 Å². The molecule has 4 aromatic carbocycles. The maximum atomic E-state index is 13.3. The first kappa shape index (κ1) is 44.0. The average molecular weight is 910 g/mol. The molecular weight excluding hydrogens is 879 g/mol. The number of azo groups is 1. The summed E-state index contributed by atoms with van der Waals surface area (Å²) in [5, 5.41) is 25.8. The van der Waals surface area contributed by atoms with Gasteiger partial charge in [-0.05, 0) is 92.6 Å². The van der Waals surface area contributed by atoms with E-state index in [0.29, 0.717) is 29.4 Å². The number of unbranched alkanes of at least 4 members (excludes halogenated alkanes) is 1. The second kappa shape index (κ2) is 17.8. The molecule has 0 saturated carbocycles. The lowest BCUT2D eigenvalue weighted by molar-refractivity contribution is -0.114. The summed E-state index contributed by atoms with van der Waals surface area (Å²) >= 11 is 19.3. The standard InChI is InChI=1S/C35H31Cl3N8O9S3/c1-21-29(20-39)35(46(43-21)34-30(37)18-28(19-31(34)38)57(51,52)44-24-6-5-7-27(16-24)58(53,54)55)42-41-32-13-12-26(17-33(32)40-22(2)47)45(14-3-4-15-56(48,49)50)25-10-8-23(36)9-11-25/h5-13,16-19,44H,3-4,14-15H2,1-2H3,(H,40,47)(H,48,49,50)(H,53,54,55). The van der Waals surface area contributed by atoms with Gasteiger partial charge in [-0.25, -0.2) is 13.1 Å². The number of nitriles is 1. The van der Waals surface area contributed by atoms with Gasteiger partial charge in [0, 0.05) is 29.9 Å². The van der Waals surface area contributed by atoms with Crippen molar-refractivity contribution in [3.8, 4) is 11.8 Å². The number of benzene rings is 4. The molecule has 5 aromatic rings. The van der Waals surface area contributed by atoms with Gasteiger partial charge in [0.15, 0.2) is 5.82 Å². The third kappa shape index (κ3) is 10.9. The van der Waals surface area contributed by atoms with Crippen molar-refractivity contribution < 1.29 is 39.2 Å². The fourth-order valence-electron chi connectivity index (χ4n) is 5.48. The van der Waals surface area contributed by atoms with Gasteiger partial charge in [-0.2, -0.15) is 27.2 Å². The molecule has 0 bridgehead atoms. The summed E-state index contributed by atoms with van der Waals surface area (Å²) in [6.07, 6.45) is 0.527. The van der Waals surface area contributed by atoms with E-state index in [0.717, 1.165) is 28.9 Å². The lowest BCUT2D eigenvalue weighted by Gasteiger charge is -2.26. The number of rotatable bonds is 15. The number of anilines is 4. The molecule has 17 nitrogen and oxygen atoms in total. The van der Waals surface area contributed by atoms with E-state index in [-0.39, 0.29) is 56.3 Å². The molecule has 0 saturated heterocycles. The van der Waals surface area contributed by atoms with Gasteiger partial charge in [0.25, 0.3) is 30.3 Å². The van der Waals surface area contributed by atoms with E-state index in [9.17, 15) is 44.4 Å². The van der Waals surface area contributed by atoms with Gasteiger partial charge in [0.2, 0.25) is 5.91 Å². The maximum Gasteiger partial charge on any atom is 0.294 e. The fraction of sp³-hybridized carbons (Fsp3) is 0.171. The summed E-state index contributed by atoms with van der Waals surface area (Å²) in [7, 11) is -13.2. The van der Waals surface area contributed by atoms with Crippen LogP contribution in [0.1, 0.15) is 31.0 Å². The zero-order valence-corrected chi connectivity index (χ0v) is 34.8. The summed E-state index contributed by atoms with van der Waals surface area (Å²) in [5.74, 6) is -1.03. The van der Waals surface area contributed by atoms with Gasteiger partial charge >= 0.3 is 0 Å².